The second-order valence-corrected chi connectivity index (χ2v) is 5.45. The van der Waals surface area contributed by atoms with E-state index < -0.39 is 0 Å². The fourth-order valence-corrected chi connectivity index (χ4v) is 1.99. The molecule has 1 saturated carbocycles. The van der Waals surface area contributed by atoms with Gasteiger partial charge in [-0.2, -0.15) is 5.48 Å². The molecule has 4 nitrogen and oxygen atoms in total. The third-order valence-electron chi connectivity index (χ3n) is 2.77. The minimum absolute atomic E-state index is 0.0754. The average molecular weight is 251 g/mol. The smallest absolute Gasteiger partial charge is 0.166 e. The van der Waals surface area contributed by atoms with Gasteiger partial charge in [0.1, 0.15) is 0 Å². The Kier molecular flexibility index (Phi) is 4.99. The molecule has 1 atom stereocenters. The Morgan fingerprint density at radius 1 is 1.39 bits per heavy atom. The Labute approximate surface area is 108 Å². The monoisotopic (exact) mass is 251 g/mol. The van der Waals surface area contributed by atoms with E-state index in [1.54, 1.807) is 12.2 Å². The number of ketones is 2. The van der Waals surface area contributed by atoms with Crippen molar-refractivity contribution < 1.29 is 14.4 Å². The first-order valence-electron chi connectivity index (χ1n) is 6.12. The maximum Gasteiger partial charge on any atom is 0.166 e. The van der Waals surface area contributed by atoms with Crippen molar-refractivity contribution in [1.29, 1.82) is 0 Å². The molecule has 100 valence electrons. The van der Waals surface area contributed by atoms with E-state index in [0.717, 1.165) is 0 Å². The summed E-state index contributed by atoms with van der Waals surface area (Å²) in [5, 5.41) is 0. The molecular weight excluding hydrogens is 230 g/mol. The van der Waals surface area contributed by atoms with Crippen LogP contribution in [0.3, 0.4) is 0 Å². The maximum atomic E-state index is 11.9. The Hall–Kier alpha value is -1.26. The van der Waals surface area contributed by atoms with Gasteiger partial charge in [0.15, 0.2) is 11.6 Å². The quantitative estimate of drug-likeness (QED) is 0.267. The highest BCUT2D eigenvalue weighted by Crippen LogP contribution is 2.33. The zero-order valence-electron chi connectivity index (χ0n) is 11.3. The number of hydrogen-bond donors (Lipinski definition) is 1. The topological polar surface area (TPSA) is 55.4 Å². The first kappa shape index (κ1) is 14.8. The third kappa shape index (κ3) is 4.20. The van der Waals surface area contributed by atoms with E-state index in [0.29, 0.717) is 25.0 Å². The van der Waals surface area contributed by atoms with Gasteiger partial charge < -0.3 is 0 Å². The van der Waals surface area contributed by atoms with E-state index in [9.17, 15) is 9.59 Å². The third-order valence-corrected chi connectivity index (χ3v) is 2.77. The van der Waals surface area contributed by atoms with Crippen molar-refractivity contribution >= 4 is 11.6 Å². The number of rotatable bonds is 5. The summed E-state index contributed by atoms with van der Waals surface area (Å²) in [5.41, 5.74) is 2.82. The molecule has 0 heterocycles. The van der Waals surface area contributed by atoms with Crippen molar-refractivity contribution in [3.05, 3.63) is 24.3 Å². The minimum atomic E-state index is -0.221. The first-order chi connectivity index (χ1) is 8.35. The molecule has 0 spiro atoms. The summed E-state index contributed by atoms with van der Waals surface area (Å²) in [6.07, 6.45) is 4.10. The van der Waals surface area contributed by atoms with E-state index in [1.807, 2.05) is 20.8 Å². The van der Waals surface area contributed by atoms with Gasteiger partial charge in [0.2, 0.25) is 0 Å². The number of Topliss-reactive ketones (excluding diaryl/α,β-unsaturated/α-hetero) is 2. The van der Waals surface area contributed by atoms with Crippen molar-refractivity contribution in [1.82, 2.24) is 5.48 Å². The van der Waals surface area contributed by atoms with Crippen molar-refractivity contribution in [3.8, 4) is 0 Å². The lowest BCUT2D eigenvalue weighted by Gasteiger charge is -2.28. The van der Waals surface area contributed by atoms with Crippen LogP contribution >= 0.6 is 0 Å². The van der Waals surface area contributed by atoms with Crippen LogP contribution in [-0.4, -0.2) is 24.2 Å². The zero-order chi connectivity index (χ0) is 13.8. The lowest BCUT2D eigenvalue weighted by atomic mass is 9.74. The maximum absolute atomic E-state index is 11.9. The molecule has 1 rings (SSSR count). The van der Waals surface area contributed by atoms with Crippen LogP contribution < -0.4 is 5.48 Å². The van der Waals surface area contributed by atoms with Gasteiger partial charge in [-0.05, 0) is 12.3 Å². The van der Waals surface area contributed by atoms with Crippen molar-refractivity contribution in [2.75, 3.05) is 6.61 Å². The number of allylic oxidation sites excluding steroid dienone is 1. The molecule has 1 fully saturated rings. The molecule has 4 heteroatoms. The van der Waals surface area contributed by atoms with Crippen molar-refractivity contribution in [3.63, 3.8) is 0 Å². The Balaban J connectivity index is 2.67. The molecule has 1 aliphatic rings. The van der Waals surface area contributed by atoms with Crippen molar-refractivity contribution in [2.45, 2.75) is 39.7 Å². The van der Waals surface area contributed by atoms with Gasteiger partial charge in [-0.25, -0.2) is 0 Å². The number of nitrogens with one attached hydrogen (secondary N) is 1. The normalized spacial score (nSPS) is 20.7. The standard InChI is InChI=1S/C14H21NO3/c1-5-6-18-15-10(2)7-11-12(16)8-14(3,4)9-13(11)17/h5,7,10,15H,1,6,8-9H2,2-4H3. The summed E-state index contributed by atoms with van der Waals surface area (Å²) in [4.78, 5) is 28.9. The summed E-state index contributed by atoms with van der Waals surface area (Å²) < 4.78 is 0. The van der Waals surface area contributed by atoms with Gasteiger partial charge in [-0.15, -0.1) is 6.58 Å². The molecule has 0 saturated heterocycles. The van der Waals surface area contributed by atoms with Gasteiger partial charge in [0, 0.05) is 18.9 Å². The molecule has 0 radical (unpaired) electrons. The molecule has 0 bridgehead atoms. The van der Waals surface area contributed by atoms with Crippen LogP contribution in [0.4, 0.5) is 0 Å². The van der Waals surface area contributed by atoms with Crippen LogP contribution in [0.5, 0.6) is 0 Å². The molecule has 1 aliphatic carbocycles. The summed E-state index contributed by atoms with van der Waals surface area (Å²) in [6.45, 7) is 9.61. The predicted octanol–water partition coefficient (Wildman–Crippen LogP) is 1.97. The average Bonchev–Trinajstić information content (AvgIpc) is 2.22. The van der Waals surface area contributed by atoms with Gasteiger partial charge >= 0.3 is 0 Å². The summed E-state index contributed by atoms with van der Waals surface area (Å²) in [6, 6.07) is -0.186. The largest absolute Gasteiger partial charge is 0.297 e. The lowest BCUT2D eigenvalue weighted by molar-refractivity contribution is -0.127. The van der Waals surface area contributed by atoms with Crippen molar-refractivity contribution in [2.24, 2.45) is 5.41 Å². The van der Waals surface area contributed by atoms with Gasteiger partial charge in [0.05, 0.1) is 12.2 Å². The Morgan fingerprint density at radius 2 is 1.94 bits per heavy atom. The summed E-state index contributed by atoms with van der Waals surface area (Å²) in [5.74, 6) is -0.151. The van der Waals surface area contributed by atoms with Gasteiger partial charge in [-0.3, -0.25) is 14.4 Å². The second-order valence-electron chi connectivity index (χ2n) is 5.45. The number of hydroxylamine groups is 1. The van der Waals surface area contributed by atoms with Crippen LogP contribution in [0.1, 0.15) is 33.6 Å². The second kappa shape index (κ2) is 6.07. The number of hydrogen-bond acceptors (Lipinski definition) is 4. The molecule has 0 aliphatic heterocycles. The van der Waals surface area contributed by atoms with E-state index >= 15 is 0 Å². The highest BCUT2D eigenvalue weighted by atomic mass is 16.6. The first-order valence-corrected chi connectivity index (χ1v) is 6.12. The molecule has 18 heavy (non-hydrogen) atoms. The van der Waals surface area contributed by atoms with E-state index in [-0.39, 0.29) is 23.0 Å². The van der Waals surface area contributed by atoms with Crippen LogP contribution in [-0.2, 0) is 14.4 Å². The molecule has 0 amide bonds. The fourth-order valence-electron chi connectivity index (χ4n) is 1.99. The van der Waals surface area contributed by atoms with Crippen LogP contribution in [0, 0.1) is 5.41 Å². The number of carbonyl (C=O) groups excluding carboxylic acids is 2. The summed E-state index contributed by atoms with van der Waals surface area (Å²) >= 11 is 0. The highest BCUT2D eigenvalue weighted by Gasteiger charge is 2.35. The van der Waals surface area contributed by atoms with E-state index in [2.05, 4.69) is 12.1 Å². The van der Waals surface area contributed by atoms with Crippen LogP contribution in [0.25, 0.3) is 0 Å². The molecule has 1 N–H and O–H groups in total. The fraction of sp³-hybridized carbons (Fsp3) is 0.571. The predicted molar refractivity (Wildman–Crippen MR) is 69.9 cm³/mol. The van der Waals surface area contributed by atoms with Gasteiger partial charge in [-0.1, -0.05) is 26.0 Å². The summed E-state index contributed by atoms with van der Waals surface area (Å²) in [7, 11) is 0. The Morgan fingerprint density at radius 3 is 2.44 bits per heavy atom. The van der Waals surface area contributed by atoms with Crippen LogP contribution in [0.2, 0.25) is 0 Å². The minimum Gasteiger partial charge on any atom is -0.297 e. The molecule has 0 aromatic carbocycles. The zero-order valence-corrected chi connectivity index (χ0v) is 11.3. The molecular formula is C14H21NO3. The Bertz CT molecular complexity index is 361. The molecule has 1 unspecified atom stereocenters. The van der Waals surface area contributed by atoms with E-state index in [1.165, 1.54) is 0 Å². The number of carbonyl (C=O) groups is 2. The SMILES string of the molecule is C=CCONC(C)C=C1C(=O)CC(C)(C)CC1=O. The lowest BCUT2D eigenvalue weighted by Crippen LogP contribution is -2.33. The van der Waals surface area contributed by atoms with Gasteiger partial charge in [0.25, 0.3) is 0 Å². The van der Waals surface area contributed by atoms with Crippen LogP contribution in [0.15, 0.2) is 24.3 Å². The highest BCUT2D eigenvalue weighted by molar-refractivity contribution is 6.22. The van der Waals surface area contributed by atoms with E-state index in [4.69, 9.17) is 4.84 Å². The molecule has 0 aromatic rings. The molecule has 0 aromatic heterocycles.